The van der Waals surface area contributed by atoms with Crippen LogP contribution in [0.1, 0.15) is 11.4 Å². The van der Waals surface area contributed by atoms with Gasteiger partial charge in [0.25, 0.3) is 0 Å². The van der Waals surface area contributed by atoms with E-state index < -0.39 is 0 Å². The van der Waals surface area contributed by atoms with Crippen LogP contribution in [0.15, 0.2) is 0 Å². The van der Waals surface area contributed by atoms with E-state index in [4.69, 9.17) is 11.6 Å². The Kier molecular flexibility index (Phi) is 4.28. The molecule has 0 aromatic carbocycles. The highest BCUT2D eigenvalue weighted by Gasteiger charge is 2.15. The molecule has 94 valence electrons. The number of carbonyl (C=O) groups is 1. The van der Waals surface area contributed by atoms with Gasteiger partial charge in [0.15, 0.2) is 11.0 Å². The van der Waals surface area contributed by atoms with E-state index in [0.717, 1.165) is 11.4 Å². The maximum Gasteiger partial charge on any atom is 0.241 e. The Labute approximate surface area is 106 Å². The Balaban J connectivity index is 2.93. The molecule has 0 spiro atoms. The van der Waals surface area contributed by atoms with Crippen LogP contribution in [0, 0.1) is 13.8 Å². The molecule has 1 aromatic rings. The first-order valence-corrected chi connectivity index (χ1v) is 5.62. The van der Waals surface area contributed by atoms with Gasteiger partial charge in [0.2, 0.25) is 5.91 Å². The van der Waals surface area contributed by atoms with Gasteiger partial charge in [-0.2, -0.15) is 0 Å². The number of carbonyl (C=O) groups excluding carboxylic acids is 1. The van der Waals surface area contributed by atoms with Crippen LogP contribution in [0.25, 0.3) is 0 Å². The van der Waals surface area contributed by atoms with E-state index in [9.17, 15) is 4.79 Å². The first-order valence-electron chi connectivity index (χ1n) is 5.25. The van der Waals surface area contributed by atoms with Crippen molar-refractivity contribution < 1.29 is 4.79 Å². The van der Waals surface area contributed by atoms with E-state index in [-0.39, 0.29) is 12.5 Å². The number of hydrogen-bond acceptors (Lipinski definition) is 4. The summed E-state index contributed by atoms with van der Waals surface area (Å²) in [5.41, 5.74) is 1.61. The second kappa shape index (κ2) is 5.31. The molecule has 0 fully saturated rings. The Morgan fingerprint density at radius 2 is 1.71 bits per heavy atom. The first-order chi connectivity index (χ1) is 7.82. The molecule has 0 aliphatic carbocycles. The summed E-state index contributed by atoms with van der Waals surface area (Å²) in [5, 5.41) is 0.321. The van der Waals surface area contributed by atoms with Crippen LogP contribution in [-0.2, 0) is 4.79 Å². The number of rotatable bonds is 3. The Hall–Kier alpha value is -1.36. The van der Waals surface area contributed by atoms with E-state index in [1.807, 2.05) is 13.8 Å². The molecular weight excluding hydrogens is 240 g/mol. The third kappa shape index (κ3) is 3.30. The lowest BCUT2D eigenvalue weighted by Gasteiger charge is -2.21. The zero-order valence-electron chi connectivity index (χ0n) is 10.8. The molecule has 0 radical (unpaired) electrons. The van der Waals surface area contributed by atoms with Crippen molar-refractivity contribution >= 4 is 23.3 Å². The minimum absolute atomic E-state index is 0.0106. The van der Waals surface area contributed by atoms with Gasteiger partial charge in [-0.25, -0.2) is 9.97 Å². The number of anilines is 1. The van der Waals surface area contributed by atoms with Crippen LogP contribution in [0.2, 0.25) is 5.15 Å². The molecule has 0 saturated heterocycles. The zero-order valence-corrected chi connectivity index (χ0v) is 11.5. The summed E-state index contributed by atoms with van der Waals surface area (Å²) in [4.78, 5) is 23.3. The molecule has 1 amide bonds. The number of halogens is 1. The van der Waals surface area contributed by atoms with E-state index in [1.54, 1.807) is 26.0 Å². The molecule has 0 N–H and O–H groups in total. The van der Waals surface area contributed by atoms with E-state index >= 15 is 0 Å². The van der Waals surface area contributed by atoms with Gasteiger partial charge >= 0.3 is 0 Å². The number of aromatic nitrogens is 2. The topological polar surface area (TPSA) is 49.3 Å². The molecule has 1 aromatic heterocycles. The molecule has 0 bridgehead atoms. The molecule has 6 heteroatoms. The summed E-state index contributed by atoms with van der Waals surface area (Å²) in [5.74, 6) is 0.522. The van der Waals surface area contributed by atoms with Crippen LogP contribution in [0.3, 0.4) is 0 Å². The highest BCUT2D eigenvalue weighted by molar-refractivity contribution is 6.31. The highest BCUT2D eigenvalue weighted by Crippen LogP contribution is 2.21. The predicted octanol–water partition coefficient (Wildman–Crippen LogP) is 1.27. The quantitative estimate of drug-likeness (QED) is 0.817. The molecule has 0 unspecified atom stereocenters. The van der Waals surface area contributed by atoms with Crippen molar-refractivity contribution in [3.63, 3.8) is 0 Å². The molecule has 1 rings (SSSR count). The first kappa shape index (κ1) is 13.7. The molecule has 0 aliphatic heterocycles. The second-order valence-electron chi connectivity index (χ2n) is 4.15. The number of amides is 1. The van der Waals surface area contributed by atoms with Crippen molar-refractivity contribution in [2.24, 2.45) is 0 Å². The standard InChI is InChI=1S/C11H17ClN4O/c1-7-8(2)14-11(10(12)13-7)16(5)6-9(17)15(3)4/h6H2,1-5H3. The van der Waals surface area contributed by atoms with Crippen LogP contribution >= 0.6 is 11.6 Å². The molecule has 0 atom stereocenters. The molecule has 17 heavy (non-hydrogen) atoms. The average Bonchev–Trinajstić information content (AvgIpc) is 2.22. The van der Waals surface area contributed by atoms with Gasteiger partial charge in [-0.15, -0.1) is 0 Å². The van der Waals surface area contributed by atoms with Gasteiger partial charge in [0.05, 0.1) is 17.9 Å². The van der Waals surface area contributed by atoms with E-state index in [0.29, 0.717) is 11.0 Å². The fourth-order valence-corrected chi connectivity index (χ4v) is 1.54. The fourth-order valence-electron chi connectivity index (χ4n) is 1.23. The van der Waals surface area contributed by atoms with Gasteiger partial charge in [0, 0.05) is 21.1 Å². The van der Waals surface area contributed by atoms with Gasteiger partial charge in [-0.05, 0) is 13.8 Å². The number of nitrogens with zero attached hydrogens (tertiary/aromatic N) is 4. The summed E-state index contributed by atoms with van der Waals surface area (Å²) in [6, 6.07) is 0. The van der Waals surface area contributed by atoms with Crippen molar-refractivity contribution in [2.75, 3.05) is 32.6 Å². The third-order valence-corrected chi connectivity index (χ3v) is 2.73. The summed E-state index contributed by atoms with van der Waals surface area (Å²) in [6.07, 6.45) is 0. The second-order valence-corrected chi connectivity index (χ2v) is 4.51. The lowest BCUT2D eigenvalue weighted by molar-refractivity contribution is -0.127. The normalized spacial score (nSPS) is 10.2. The molecule has 0 aliphatic rings. The lowest BCUT2D eigenvalue weighted by atomic mass is 10.3. The molecule has 1 heterocycles. The van der Waals surface area contributed by atoms with E-state index in [1.165, 1.54) is 4.90 Å². The van der Waals surface area contributed by atoms with Gasteiger partial charge in [-0.3, -0.25) is 4.79 Å². The van der Waals surface area contributed by atoms with Crippen LogP contribution in [0.5, 0.6) is 0 Å². The average molecular weight is 257 g/mol. The number of likely N-dealkylation sites (N-methyl/N-ethyl adjacent to an activating group) is 2. The fraction of sp³-hybridized carbons (Fsp3) is 0.545. The minimum atomic E-state index is -0.0106. The monoisotopic (exact) mass is 256 g/mol. The van der Waals surface area contributed by atoms with Gasteiger partial charge in [-0.1, -0.05) is 11.6 Å². The van der Waals surface area contributed by atoms with Crippen LogP contribution in [-0.4, -0.2) is 48.5 Å². The van der Waals surface area contributed by atoms with E-state index in [2.05, 4.69) is 9.97 Å². The Bertz CT molecular complexity index is 434. The largest absolute Gasteiger partial charge is 0.348 e. The minimum Gasteiger partial charge on any atom is -0.348 e. The molecular formula is C11H17ClN4O. The lowest BCUT2D eigenvalue weighted by Crippen LogP contribution is -2.35. The maximum absolute atomic E-state index is 11.6. The predicted molar refractivity (Wildman–Crippen MR) is 68.5 cm³/mol. The molecule has 5 nitrogen and oxygen atoms in total. The highest BCUT2D eigenvalue weighted by atomic mass is 35.5. The SMILES string of the molecule is Cc1nc(Cl)c(N(C)CC(=O)N(C)C)nc1C. The van der Waals surface area contributed by atoms with Gasteiger partial charge in [0.1, 0.15) is 0 Å². The summed E-state index contributed by atoms with van der Waals surface area (Å²) in [7, 11) is 5.19. The smallest absolute Gasteiger partial charge is 0.241 e. The summed E-state index contributed by atoms with van der Waals surface area (Å²) in [6.45, 7) is 3.94. The van der Waals surface area contributed by atoms with Crippen LogP contribution in [0.4, 0.5) is 5.82 Å². The number of hydrogen-bond donors (Lipinski definition) is 0. The summed E-state index contributed by atoms with van der Waals surface area (Å²) >= 11 is 6.02. The third-order valence-electron chi connectivity index (χ3n) is 2.48. The van der Waals surface area contributed by atoms with Gasteiger partial charge < -0.3 is 9.80 Å². The maximum atomic E-state index is 11.6. The Morgan fingerprint density at radius 3 is 2.24 bits per heavy atom. The van der Waals surface area contributed by atoms with Crippen molar-refractivity contribution in [3.05, 3.63) is 16.5 Å². The van der Waals surface area contributed by atoms with Crippen molar-refractivity contribution in [1.82, 2.24) is 14.9 Å². The van der Waals surface area contributed by atoms with Crippen molar-refractivity contribution in [2.45, 2.75) is 13.8 Å². The Morgan fingerprint density at radius 1 is 1.18 bits per heavy atom. The summed E-state index contributed by atoms with van der Waals surface area (Å²) < 4.78 is 0. The molecule has 0 saturated carbocycles. The number of aryl methyl sites for hydroxylation is 2. The van der Waals surface area contributed by atoms with Crippen LogP contribution < -0.4 is 4.90 Å². The van der Waals surface area contributed by atoms with Crippen molar-refractivity contribution in [1.29, 1.82) is 0 Å². The van der Waals surface area contributed by atoms with Crippen molar-refractivity contribution in [3.8, 4) is 0 Å². The zero-order chi connectivity index (χ0) is 13.2.